The van der Waals surface area contributed by atoms with Crippen LogP contribution in [0.4, 0.5) is 0 Å². The smallest absolute Gasteiger partial charge is 0.224 e. The highest BCUT2D eigenvalue weighted by Crippen LogP contribution is 2.27. The summed E-state index contributed by atoms with van der Waals surface area (Å²) in [6.45, 7) is 4.84. The fourth-order valence-corrected chi connectivity index (χ4v) is 6.26. The lowest BCUT2D eigenvalue weighted by atomic mass is 9.94. The van der Waals surface area contributed by atoms with Gasteiger partial charge in [0.25, 0.3) is 0 Å². The molecule has 0 aliphatic carbocycles. The van der Waals surface area contributed by atoms with Gasteiger partial charge in [0.1, 0.15) is 0 Å². The number of hydrogen-bond acceptors (Lipinski definition) is 3. The molecule has 1 aliphatic heterocycles. The van der Waals surface area contributed by atoms with Gasteiger partial charge in [-0.25, -0.2) is 12.7 Å². The second-order valence-corrected chi connectivity index (χ2v) is 11.6. The number of amides is 1. The minimum atomic E-state index is -3.61. The van der Waals surface area contributed by atoms with Crippen molar-refractivity contribution in [2.45, 2.75) is 44.9 Å². The summed E-state index contributed by atoms with van der Waals surface area (Å²) in [5.74, 6) is -0.272. The molecule has 0 aromatic heterocycles. The van der Waals surface area contributed by atoms with Gasteiger partial charge in [-0.1, -0.05) is 73.4 Å². The van der Waals surface area contributed by atoms with Gasteiger partial charge in [-0.15, -0.1) is 0 Å². The predicted molar refractivity (Wildman–Crippen MR) is 130 cm³/mol. The highest BCUT2D eigenvalue weighted by atomic mass is 35.5. The molecule has 1 aliphatic rings. The number of hydrogen-bond donors (Lipinski definition) is 1. The zero-order chi connectivity index (χ0) is 23.3. The van der Waals surface area contributed by atoms with Gasteiger partial charge in [0, 0.05) is 23.1 Å². The first-order valence-corrected chi connectivity index (χ1v) is 13.3. The molecule has 2 aromatic carbocycles. The van der Waals surface area contributed by atoms with Crippen molar-refractivity contribution < 1.29 is 13.2 Å². The zero-order valence-electron chi connectivity index (χ0n) is 18.4. The number of rotatable bonds is 8. The molecule has 174 valence electrons. The normalized spacial score (nSPS) is 18.5. The molecule has 0 radical (unpaired) electrons. The Labute approximate surface area is 201 Å². The maximum atomic E-state index is 13.1. The number of nitrogens with one attached hydrogen (secondary N) is 1. The number of halogens is 2. The zero-order valence-corrected chi connectivity index (χ0v) is 20.8. The van der Waals surface area contributed by atoms with Crippen LogP contribution in [0, 0.1) is 11.8 Å². The molecule has 0 bridgehead atoms. The van der Waals surface area contributed by atoms with Gasteiger partial charge < -0.3 is 5.32 Å². The number of sulfonamides is 1. The van der Waals surface area contributed by atoms with Crippen molar-refractivity contribution in [2.75, 3.05) is 13.1 Å². The molecule has 1 amide bonds. The standard InChI is InChI=1S/C24H30Cl2N2O3S/c1-17(2)13-23(18-7-4-3-5-8-18)27-24(29)19-9-6-12-28(15-19)32(30,31)16-20-10-11-21(25)14-22(20)26/h3-5,7-8,10-11,14,17,19,23H,6,9,12-13,15-16H2,1-2H3,(H,27,29)/t19-,23+/m1/s1. The molecule has 1 fully saturated rings. The predicted octanol–water partition coefficient (Wildman–Crippen LogP) is 5.44. The fourth-order valence-electron chi connectivity index (χ4n) is 4.06. The van der Waals surface area contributed by atoms with Crippen LogP contribution >= 0.6 is 23.2 Å². The summed E-state index contributed by atoms with van der Waals surface area (Å²) < 4.78 is 27.5. The van der Waals surface area contributed by atoms with Crippen LogP contribution in [0.15, 0.2) is 48.5 Å². The summed E-state index contributed by atoms with van der Waals surface area (Å²) in [6, 6.07) is 14.6. The maximum Gasteiger partial charge on any atom is 0.224 e. The molecule has 8 heteroatoms. The first-order valence-electron chi connectivity index (χ1n) is 10.9. The largest absolute Gasteiger partial charge is 0.349 e. The van der Waals surface area contributed by atoms with E-state index in [9.17, 15) is 13.2 Å². The molecule has 0 spiro atoms. The second-order valence-electron chi connectivity index (χ2n) is 8.79. The molecule has 32 heavy (non-hydrogen) atoms. The van der Waals surface area contributed by atoms with Crippen molar-refractivity contribution in [3.63, 3.8) is 0 Å². The SMILES string of the molecule is CC(C)C[C@H](NC(=O)[C@@H]1CCCN(S(=O)(=O)Cc2ccc(Cl)cc2Cl)C1)c1ccccc1. The summed E-state index contributed by atoms with van der Waals surface area (Å²) in [5.41, 5.74) is 1.57. The number of benzene rings is 2. The average molecular weight is 497 g/mol. The van der Waals surface area contributed by atoms with Crippen molar-refractivity contribution in [1.29, 1.82) is 0 Å². The Morgan fingerprint density at radius 1 is 1.16 bits per heavy atom. The third-order valence-corrected chi connectivity index (χ3v) is 8.11. The Balaban J connectivity index is 1.69. The fraction of sp³-hybridized carbons (Fsp3) is 0.458. The van der Waals surface area contributed by atoms with Crippen molar-refractivity contribution in [2.24, 2.45) is 11.8 Å². The van der Waals surface area contributed by atoms with E-state index in [1.54, 1.807) is 18.2 Å². The lowest BCUT2D eigenvalue weighted by Crippen LogP contribution is -2.46. The highest BCUT2D eigenvalue weighted by molar-refractivity contribution is 7.88. The second kappa shape index (κ2) is 11.0. The average Bonchev–Trinajstić information content (AvgIpc) is 2.75. The molecule has 5 nitrogen and oxygen atoms in total. The van der Waals surface area contributed by atoms with Crippen LogP contribution in [0.1, 0.15) is 50.3 Å². The van der Waals surface area contributed by atoms with E-state index in [0.717, 1.165) is 12.0 Å². The Morgan fingerprint density at radius 3 is 2.53 bits per heavy atom. The van der Waals surface area contributed by atoms with Crippen LogP contribution in [0.25, 0.3) is 0 Å². The Bertz CT molecular complexity index is 1030. The molecule has 1 heterocycles. The molecule has 1 N–H and O–H groups in total. The number of nitrogens with zero attached hydrogens (tertiary/aromatic N) is 1. The van der Waals surface area contributed by atoms with Crippen LogP contribution in [0.3, 0.4) is 0 Å². The topological polar surface area (TPSA) is 66.5 Å². The molecule has 3 rings (SSSR count). The molecular weight excluding hydrogens is 467 g/mol. The number of piperidine rings is 1. The van der Waals surface area contributed by atoms with Gasteiger partial charge in [-0.3, -0.25) is 4.79 Å². The summed E-state index contributed by atoms with van der Waals surface area (Å²) in [4.78, 5) is 13.1. The quantitative estimate of drug-likeness (QED) is 0.528. The van der Waals surface area contributed by atoms with Gasteiger partial charge in [0.05, 0.1) is 17.7 Å². The van der Waals surface area contributed by atoms with E-state index in [1.807, 2.05) is 30.3 Å². The van der Waals surface area contributed by atoms with Crippen molar-refractivity contribution in [3.8, 4) is 0 Å². The molecule has 0 unspecified atom stereocenters. The van der Waals surface area contributed by atoms with Gasteiger partial charge in [0.2, 0.25) is 15.9 Å². The number of carbonyl (C=O) groups excluding carboxylic acids is 1. The van der Waals surface area contributed by atoms with Crippen molar-refractivity contribution in [3.05, 3.63) is 69.7 Å². The maximum absolute atomic E-state index is 13.1. The van der Waals surface area contributed by atoms with E-state index in [2.05, 4.69) is 19.2 Å². The molecule has 0 saturated carbocycles. The molecule has 1 saturated heterocycles. The Hall–Kier alpha value is -1.60. The van der Waals surface area contributed by atoms with Crippen LogP contribution in [-0.4, -0.2) is 31.7 Å². The van der Waals surface area contributed by atoms with Crippen LogP contribution in [0.5, 0.6) is 0 Å². The van der Waals surface area contributed by atoms with E-state index in [4.69, 9.17) is 23.2 Å². The number of carbonyl (C=O) groups is 1. The van der Waals surface area contributed by atoms with Gasteiger partial charge in [-0.2, -0.15) is 0 Å². The van der Waals surface area contributed by atoms with Crippen LogP contribution < -0.4 is 5.32 Å². The van der Waals surface area contributed by atoms with Crippen LogP contribution in [0.2, 0.25) is 10.0 Å². The summed E-state index contributed by atoms with van der Waals surface area (Å²) in [7, 11) is -3.61. The molecular formula is C24H30Cl2N2O3S. The van der Waals surface area contributed by atoms with E-state index < -0.39 is 10.0 Å². The summed E-state index contributed by atoms with van der Waals surface area (Å²) in [6.07, 6.45) is 2.13. The highest BCUT2D eigenvalue weighted by Gasteiger charge is 2.33. The van der Waals surface area contributed by atoms with E-state index in [1.165, 1.54) is 4.31 Å². The monoisotopic (exact) mass is 496 g/mol. The third kappa shape index (κ3) is 6.70. The summed E-state index contributed by atoms with van der Waals surface area (Å²) >= 11 is 12.1. The minimum Gasteiger partial charge on any atom is -0.349 e. The Kier molecular flexibility index (Phi) is 8.62. The van der Waals surface area contributed by atoms with Gasteiger partial charge in [-0.05, 0) is 48.4 Å². The minimum absolute atomic E-state index is 0.0936. The first kappa shape index (κ1) is 25.0. The lowest BCUT2D eigenvalue weighted by molar-refractivity contribution is -0.127. The van der Waals surface area contributed by atoms with Gasteiger partial charge >= 0.3 is 0 Å². The third-order valence-electron chi connectivity index (χ3n) is 5.73. The Morgan fingerprint density at radius 2 is 1.88 bits per heavy atom. The van der Waals surface area contributed by atoms with E-state index in [0.29, 0.717) is 40.9 Å². The van der Waals surface area contributed by atoms with Crippen molar-refractivity contribution >= 4 is 39.1 Å². The lowest BCUT2D eigenvalue weighted by Gasteiger charge is -2.32. The molecule has 2 aromatic rings. The van der Waals surface area contributed by atoms with Gasteiger partial charge in [0.15, 0.2) is 0 Å². The van der Waals surface area contributed by atoms with E-state index >= 15 is 0 Å². The van der Waals surface area contributed by atoms with E-state index in [-0.39, 0.29) is 30.2 Å². The summed E-state index contributed by atoms with van der Waals surface area (Å²) in [5, 5.41) is 3.96. The molecule has 2 atom stereocenters. The first-order chi connectivity index (χ1) is 15.2. The van der Waals surface area contributed by atoms with Crippen molar-refractivity contribution in [1.82, 2.24) is 9.62 Å². The van der Waals surface area contributed by atoms with Crippen LogP contribution in [-0.2, 0) is 20.6 Å².